The second-order valence-corrected chi connectivity index (χ2v) is 6.53. The number of benzene rings is 1. The molecule has 0 aliphatic carbocycles. The van der Waals surface area contributed by atoms with Crippen LogP contribution < -0.4 is 5.32 Å². The number of para-hydroxylation sites is 2. The Hall–Kier alpha value is -1.92. The van der Waals surface area contributed by atoms with E-state index in [-0.39, 0.29) is 11.5 Å². The van der Waals surface area contributed by atoms with Gasteiger partial charge in [0, 0.05) is 19.6 Å². The summed E-state index contributed by atoms with van der Waals surface area (Å²) in [7, 11) is 0. The van der Waals surface area contributed by atoms with Gasteiger partial charge in [0.1, 0.15) is 5.82 Å². The fourth-order valence-corrected chi connectivity index (χ4v) is 3.60. The van der Waals surface area contributed by atoms with Gasteiger partial charge in [-0.2, -0.15) is 0 Å². The maximum Gasteiger partial charge on any atom is 0.222 e. The summed E-state index contributed by atoms with van der Waals surface area (Å²) in [6, 6.07) is 8.10. The fraction of sp³-hybridized carbons (Fsp3) is 0.529. The van der Waals surface area contributed by atoms with Gasteiger partial charge in [-0.05, 0) is 25.0 Å². The van der Waals surface area contributed by atoms with Crippen LogP contribution >= 0.6 is 0 Å². The quantitative estimate of drug-likeness (QED) is 0.880. The van der Waals surface area contributed by atoms with Crippen LogP contribution in [0.2, 0.25) is 0 Å². The average molecular weight is 314 g/mol. The lowest BCUT2D eigenvalue weighted by Crippen LogP contribution is -2.46. The Labute approximate surface area is 135 Å². The van der Waals surface area contributed by atoms with Crippen LogP contribution in [0.4, 0.5) is 0 Å². The number of carbonyl (C=O) groups is 1. The third-order valence-corrected chi connectivity index (χ3v) is 4.89. The van der Waals surface area contributed by atoms with Gasteiger partial charge < -0.3 is 15.0 Å². The Balaban J connectivity index is 1.40. The summed E-state index contributed by atoms with van der Waals surface area (Å²) in [6.45, 7) is 3.93. The third-order valence-electron chi connectivity index (χ3n) is 4.89. The Kier molecular flexibility index (Phi) is 3.79. The number of aromatic nitrogens is 2. The van der Waals surface area contributed by atoms with Crippen LogP contribution in [0.15, 0.2) is 24.3 Å². The van der Waals surface area contributed by atoms with E-state index in [1.807, 2.05) is 18.2 Å². The van der Waals surface area contributed by atoms with Crippen LogP contribution in [0.1, 0.15) is 25.1 Å². The molecule has 2 aliphatic rings. The highest BCUT2D eigenvalue weighted by molar-refractivity contribution is 5.77. The summed E-state index contributed by atoms with van der Waals surface area (Å²) in [5.74, 6) is 1.12. The number of hydrogen-bond donors (Lipinski definition) is 2. The van der Waals surface area contributed by atoms with Crippen molar-refractivity contribution in [3.63, 3.8) is 0 Å². The van der Waals surface area contributed by atoms with E-state index >= 15 is 0 Å². The van der Waals surface area contributed by atoms with Crippen molar-refractivity contribution in [2.75, 3.05) is 26.2 Å². The topological polar surface area (TPSA) is 70.2 Å². The number of aromatic amines is 1. The number of likely N-dealkylation sites (tertiary alicyclic amines) is 1. The fourth-order valence-electron chi connectivity index (χ4n) is 3.60. The minimum absolute atomic E-state index is 0.119. The minimum atomic E-state index is -0.259. The summed E-state index contributed by atoms with van der Waals surface area (Å²) in [5.41, 5.74) is 1.84. The van der Waals surface area contributed by atoms with Crippen molar-refractivity contribution in [2.45, 2.75) is 31.4 Å². The van der Waals surface area contributed by atoms with Crippen molar-refractivity contribution < 1.29 is 9.53 Å². The smallest absolute Gasteiger partial charge is 0.222 e. The van der Waals surface area contributed by atoms with E-state index in [9.17, 15) is 4.79 Å². The standard InChI is InChI=1S/C17H22N4O2/c22-16-11-17(23-10-7-18-16)5-8-21(9-6-17)12-15-19-13-3-1-2-4-14(13)20-15/h1-4H,5-12H2,(H,18,22)(H,19,20). The van der Waals surface area contributed by atoms with Gasteiger partial charge in [-0.15, -0.1) is 0 Å². The molecule has 3 heterocycles. The predicted octanol–water partition coefficient (Wildman–Crippen LogP) is 1.43. The Bertz CT molecular complexity index is 670. The SMILES string of the molecule is O=C1CC2(CCN(Cc3nc4ccccc4[nH]3)CC2)OCCN1. The molecule has 0 bridgehead atoms. The highest BCUT2D eigenvalue weighted by atomic mass is 16.5. The number of hydrogen-bond acceptors (Lipinski definition) is 4. The van der Waals surface area contributed by atoms with Crippen molar-refractivity contribution in [2.24, 2.45) is 0 Å². The van der Waals surface area contributed by atoms with Crippen LogP contribution in [0.3, 0.4) is 0 Å². The van der Waals surface area contributed by atoms with Crippen molar-refractivity contribution in [3.8, 4) is 0 Å². The molecule has 1 amide bonds. The highest BCUT2D eigenvalue weighted by Crippen LogP contribution is 2.31. The molecule has 122 valence electrons. The molecular formula is C17H22N4O2. The number of imidazole rings is 1. The molecule has 2 saturated heterocycles. The van der Waals surface area contributed by atoms with Gasteiger partial charge in [-0.25, -0.2) is 4.98 Å². The number of rotatable bonds is 2. The Morgan fingerprint density at radius 1 is 1.26 bits per heavy atom. The third kappa shape index (κ3) is 3.09. The zero-order chi connectivity index (χ0) is 15.7. The molecular weight excluding hydrogens is 292 g/mol. The number of amides is 1. The number of fused-ring (bicyclic) bond motifs is 1. The first-order valence-electron chi connectivity index (χ1n) is 8.29. The normalized spacial score (nSPS) is 22.2. The van der Waals surface area contributed by atoms with E-state index in [0.29, 0.717) is 19.6 Å². The predicted molar refractivity (Wildman–Crippen MR) is 86.9 cm³/mol. The van der Waals surface area contributed by atoms with Gasteiger partial charge in [0.2, 0.25) is 5.91 Å². The van der Waals surface area contributed by atoms with Crippen molar-refractivity contribution in [1.29, 1.82) is 0 Å². The molecule has 0 radical (unpaired) electrons. The maximum absolute atomic E-state index is 11.8. The van der Waals surface area contributed by atoms with E-state index < -0.39 is 0 Å². The molecule has 23 heavy (non-hydrogen) atoms. The number of ether oxygens (including phenoxy) is 1. The van der Waals surface area contributed by atoms with Gasteiger partial charge in [0.05, 0.1) is 36.2 Å². The van der Waals surface area contributed by atoms with Crippen LogP contribution in [0.5, 0.6) is 0 Å². The second-order valence-electron chi connectivity index (χ2n) is 6.53. The van der Waals surface area contributed by atoms with E-state index in [4.69, 9.17) is 4.74 Å². The Morgan fingerprint density at radius 2 is 2.09 bits per heavy atom. The number of nitrogens with one attached hydrogen (secondary N) is 2. The monoisotopic (exact) mass is 314 g/mol. The molecule has 1 spiro atoms. The van der Waals surface area contributed by atoms with E-state index in [1.165, 1.54) is 0 Å². The molecule has 1 aromatic heterocycles. The molecule has 2 aliphatic heterocycles. The van der Waals surface area contributed by atoms with Crippen molar-refractivity contribution in [3.05, 3.63) is 30.1 Å². The summed E-state index contributed by atoms with van der Waals surface area (Å²) >= 11 is 0. The molecule has 6 heteroatoms. The second kappa shape index (κ2) is 5.94. The summed E-state index contributed by atoms with van der Waals surface area (Å²) < 4.78 is 6.01. The first-order valence-corrected chi connectivity index (χ1v) is 8.29. The van der Waals surface area contributed by atoms with Crippen LogP contribution in [0, 0.1) is 0 Å². The first kappa shape index (κ1) is 14.7. The van der Waals surface area contributed by atoms with Gasteiger partial charge in [-0.3, -0.25) is 9.69 Å². The number of nitrogens with zero attached hydrogens (tertiary/aromatic N) is 2. The molecule has 1 aromatic carbocycles. The van der Waals surface area contributed by atoms with Crippen molar-refractivity contribution >= 4 is 16.9 Å². The van der Waals surface area contributed by atoms with Gasteiger partial charge >= 0.3 is 0 Å². The zero-order valence-electron chi connectivity index (χ0n) is 13.2. The van der Waals surface area contributed by atoms with Crippen LogP contribution in [-0.4, -0.2) is 52.6 Å². The van der Waals surface area contributed by atoms with Crippen molar-refractivity contribution in [1.82, 2.24) is 20.2 Å². The van der Waals surface area contributed by atoms with Crippen LogP contribution in [-0.2, 0) is 16.1 Å². The molecule has 0 saturated carbocycles. The Morgan fingerprint density at radius 3 is 2.91 bits per heavy atom. The summed E-state index contributed by atoms with van der Waals surface area (Å²) in [5, 5.41) is 2.89. The maximum atomic E-state index is 11.8. The number of piperidine rings is 1. The van der Waals surface area contributed by atoms with Gasteiger partial charge in [-0.1, -0.05) is 12.1 Å². The molecule has 2 aromatic rings. The number of carbonyl (C=O) groups excluding carboxylic acids is 1. The molecule has 6 nitrogen and oxygen atoms in total. The molecule has 0 unspecified atom stereocenters. The zero-order valence-corrected chi connectivity index (χ0v) is 13.2. The lowest BCUT2D eigenvalue weighted by atomic mass is 9.87. The first-order chi connectivity index (χ1) is 11.2. The van der Waals surface area contributed by atoms with E-state index in [2.05, 4.69) is 26.3 Å². The molecule has 2 N–H and O–H groups in total. The van der Waals surface area contributed by atoms with Gasteiger partial charge in [0.15, 0.2) is 0 Å². The molecule has 0 atom stereocenters. The minimum Gasteiger partial charge on any atom is -0.373 e. The van der Waals surface area contributed by atoms with E-state index in [1.54, 1.807) is 0 Å². The van der Waals surface area contributed by atoms with Crippen LogP contribution in [0.25, 0.3) is 11.0 Å². The lowest BCUT2D eigenvalue weighted by molar-refractivity contribution is -0.128. The average Bonchev–Trinajstić information content (AvgIpc) is 2.87. The lowest BCUT2D eigenvalue weighted by Gasteiger charge is -2.40. The molecule has 4 rings (SSSR count). The van der Waals surface area contributed by atoms with Gasteiger partial charge in [0.25, 0.3) is 0 Å². The summed E-state index contributed by atoms with van der Waals surface area (Å²) in [6.07, 6.45) is 2.30. The highest BCUT2D eigenvalue weighted by Gasteiger charge is 2.38. The number of H-pyrrole nitrogens is 1. The van der Waals surface area contributed by atoms with E-state index in [0.717, 1.165) is 49.3 Å². The summed E-state index contributed by atoms with van der Waals surface area (Å²) in [4.78, 5) is 22.2. The molecule has 2 fully saturated rings. The largest absolute Gasteiger partial charge is 0.373 e.